The highest BCUT2D eigenvalue weighted by Crippen LogP contribution is 2.24. The van der Waals surface area contributed by atoms with Crippen LogP contribution in [-0.2, 0) is 19.6 Å². The van der Waals surface area contributed by atoms with E-state index in [0.29, 0.717) is 43.9 Å². The summed E-state index contributed by atoms with van der Waals surface area (Å²) < 4.78 is 31.7. The van der Waals surface area contributed by atoms with Gasteiger partial charge in [-0.25, -0.2) is 13.5 Å². The molecule has 9 heteroatoms. The molecule has 1 saturated heterocycles. The molecule has 0 N–H and O–H groups in total. The number of rotatable bonds is 7. The van der Waals surface area contributed by atoms with Crippen molar-refractivity contribution in [2.45, 2.75) is 32.5 Å². The number of carbonyl (C=O) groups excluding carboxylic acids is 1. The molecule has 1 aromatic carbocycles. The topological polar surface area (TPSA) is 56.0 Å². The van der Waals surface area contributed by atoms with Crippen molar-refractivity contribution >= 4 is 18.0 Å². The molecule has 3 aromatic rings. The second-order valence-electron chi connectivity index (χ2n) is 7.70. The highest BCUT2D eigenvalue weighted by molar-refractivity contribution is 7.71. The van der Waals surface area contributed by atoms with Crippen molar-refractivity contribution in [1.82, 2.24) is 24.2 Å². The Morgan fingerprint density at radius 1 is 1.16 bits per heavy atom. The Morgan fingerprint density at radius 3 is 2.71 bits per heavy atom. The number of benzene rings is 1. The van der Waals surface area contributed by atoms with Crippen LogP contribution < -0.4 is 0 Å². The predicted molar refractivity (Wildman–Crippen MR) is 114 cm³/mol. The van der Waals surface area contributed by atoms with E-state index in [1.165, 1.54) is 0 Å². The lowest BCUT2D eigenvalue weighted by atomic mass is 9.89. The average molecular weight is 444 g/mol. The summed E-state index contributed by atoms with van der Waals surface area (Å²) in [5.41, 5.74) is 0.839. The Bertz CT molecular complexity index is 1110. The first-order valence-electron chi connectivity index (χ1n) is 10.2. The van der Waals surface area contributed by atoms with E-state index in [2.05, 4.69) is 15.0 Å². The molecule has 1 aliphatic rings. The van der Waals surface area contributed by atoms with Gasteiger partial charge in [-0.05, 0) is 55.4 Å². The second-order valence-corrected chi connectivity index (χ2v) is 8.06. The minimum atomic E-state index is -0.670. The molecule has 0 unspecified atom stereocenters. The number of carbonyl (C=O) groups is 1. The van der Waals surface area contributed by atoms with Gasteiger partial charge in [0.2, 0.25) is 0 Å². The number of pyridine rings is 1. The van der Waals surface area contributed by atoms with Crippen molar-refractivity contribution in [3.63, 3.8) is 0 Å². The van der Waals surface area contributed by atoms with Gasteiger partial charge in [-0.2, -0.15) is 5.10 Å². The summed E-state index contributed by atoms with van der Waals surface area (Å²) in [4.78, 5) is 19.1. The molecule has 6 nitrogen and oxygen atoms in total. The van der Waals surface area contributed by atoms with Gasteiger partial charge < -0.3 is 4.57 Å². The third-order valence-electron chi connectivity index (χ3n) is 5.62. The number of Topliss-reactive ketones (excluding diaryl/α,β-unsaturated/α-hetero) is 1. The van der Waals surface area contributed by atoms with Crippen molar-refractivity contribution in [1.29, 1.82) is 0 Å². The molecule has 3 heterocycles. The number of hydrogen-bond acceptors (Lipinski definition) is 5. The lowest BCUT2D eigenvalue weighted by molar-refractivity contribution is 0.0799. The van der Waals surface area contributed by atoms with Gasteiger partial charge in [-0.3, -0.25) is 14.7 Å². The molecule has 31 heavy (non-hydrogen) atoms. The van der Waals surface area contributed by atoms with Crippen molar-refractivity contribution in [2.75, 3.05) is 13.1 Å². The summed E-state index contributed by atoms with van der Waals surface area (Å²) in [7, 11) is 0. The zero-order valence-electron chi connectivity index (χ0n) is 17.0. The number of nitrogens with zero attached hydrogens (tertiary/aromatic N) is 5. The number of aromatic nitrogens is 4. The lowest BCUT2D eigenvalue weighted by Gasteiger charge is -2.31. The zero-order valence-corrected chi connectivity index (χ0v) is 17.8. The summed E-state index contributed by atoms with van der Waals surface area (Å²) in [5.74, 6) is -1.91. The van der Waals surface area contributed by atoms with Crippen molar-refractivity contribution in [3.8, 4) is 0 Å². The minimum Gasteiger partial charge on any atom is -0.306 e. The van der Waals surface area contributed by atoms with Crippen LogP contribution in [0.5, 0.6) is 0 Å². The monoisotopic (exact) mass is 443 g/mol. The van der Waals surface area contributed by atoms with Crippen LogP contribution in [0.15, 0.2) is 48.9 Å². The predicted octanol–water partition coefficient (Wildman–Crippen LogP) is 3.88. The Morgan fingerprint density at radius 2 is 1.97 bits per heavy atom. The molecule has 2 aromatic heterocycles. The van der Waals surface area contributed by atoms with Gasteiger partial charge in [0.25, 0.3) is 0 Å². The quantitative estimate of drug-likeness (QED) is 0.410. The first-order chi connectivity index (χ1) is 15.0. The van der Waals surface area contributed by atoms with E-state index >= 15 is 0 Å². The van der Waals surface area contributed by atoms with Crippen LogP contribution in [0.1, 0.15) is 28.9 Å². The van der Waals surface area contributed by atoms with E-state index in [0.717, 1.165) is 30.3 Å². The van der Waals surface area contributed by atoms with Crippen LogP contribution >= 0.6 is 12.2 Å². The van der Waals surface area contributed by atoms with E-state index in [1.54, 1.807) is 17.2 Å². The zero-order chi connectivity index (χ0) is 21.8. The number of halogens is 2. The highest BCUT2D eigenvalue weighted by Gasteiger charge is 2.28. The minimum absolute atomic E-state index is 0.160. The molecule has 0 saturated carbocycles. The lowest BCUT2D eigenvalue weighted by Crippen LogP contribution is -2.38. The largest absolute Gasteiger partial charge is 0.306 e. The molecular weight excluding hydrogens is 420 g/mol. The maximum Gasteiger partial charge on any atom is 0.198 e. The maximum absolute atomic E-state index is 13.9. The Hall–Kier alpha value is -2.78. The van der Waals surface area contributed by atoms with E-state index in [4.69, 9.17) is 12.2 Å². The average Bonchev–Trinajstić information content (AvgIpc) is 3.14. The van der Waals surface area contributed by atoms with Crippen LogP contribution in [0.25, 0.3) is 0 Å². The third kappa shape index (κ3) is 5.11. The van der Waals surface area contributed by atoms with Crippen LogP contribution in [0.3, 0.4) is 0 Å². The van der Waals surface area contributed by atoms with Crippen molar-refractivity contribution in [2.24, 2.45) is 5.92 Å². The summed E-state index contributed by atoms with van der Waals surface area (Å²) in [6, 6.07) is 8.84. The van der Waals surface area contributed by atoms with E-state index in [1.807, 2.05) is 22.8 Å². The summed E-state index contributed by atoms with van der Waals surface area (Å²) in [6.07, 6.45) is 5.44. The first-order valence-corrected chi connectivity index (χ1v) is 10.7. The van der Waals surface area contributed by atoms with Gasteiger partial charge in [0.15, 0.2) is 10.6 Å². The van der Waals surface area contributed by atoms with E-state index < -0.39 is 11.6 Å². The van der Waals surface area contributed by atoms with Gasteiger partial charge in [0.1, 0.15) is 18.0 Å². The fourth-order valence-electron chi connectivity index (χ4n) is 3.84. The normalized spacial score (nSPS) is 15.3. The van der Waals surface area contributed by atoms with Crippen LogP contribution in [-0.4, -0.2) is 43.1 Å². The van der Waals surface area contributed by atoms with Gasteiger partial charge in [-0.1, -0.05) is 6.07 Å². The van der Waals surface area contributed by atoms with Crippen molar-refractivity contribution < 1.29 is 13.6 Å². The number of likely N-dealkylation sites (tertiary alicyclic amines) is 1. The van der Waals surface area contributed by atoms with Crippen LogP contribution in [0, 0.1) is 22.3 Å². The van der Waals surface area contributed by atoms with Gasteiger partial charge in [0, 0.05) is 43.9 Å². The molecule has 0 radical (unpaired) electrons. The van der Waals surface area contributed by atoms with Gasteiger partial charge >= 0.3 is 0 Å². The second kappa shape index (κ2) is 9.57. The Balaban J connectivity index is 1.32. The molecule has 0 bridgehead atoms. The molecular formula is C22H23F2N5OS. The summed E-state index contributed by atoms with van der Waals surface area (Å²) in [6.45, 7) is 2.56. The molecule has 0 amide bonds. The number of ketones is 1. The SMILES string of the molecule is O=C(c1cc(F)ccc1F)C1CCN(Cn2ncn(CCc3ccccn3)c2=S)CC1. The van der Waals surface area contributed by atoms with E-state index in [-0.39, 0.29) is 17.3 Å². The smallest absolute Gasteiger partial charge is 0.198 e. The summed E-state index contributed by atoms with van der Waals surface area (Å²) >= 11 is 5.55. The van der Waals surface area contributed by atoms with Crippen molar-refractivity contribution in [3.05, 3.63) is 76.6 Å². The molecule has 162 valence electrons. The van der Waals surface area contributed by atoms with E-state index in [9.17, 15) is 13.6 Å². The molecule has 1 fully saturated rings. The molecule has 4 rings (SSSR count). The van der Waals surface area contributed by atoms with Crippen LogP contribution in [0.4, 0.5) is 8.78 Å². The fraction of sp³-hybridized carbons (Fsp3) is 0.364. The van der Waals surface area contributed by atoms with Gasteiger partial charge in [0.05, 0.1) is 12.2 Å². The van der Waals surface area contributed by atoms with Gasteiger partial charge in [-0.15, -0.1) is 0 Å². The molecule has 0 aliphatic carbocycles. The number of aryl methyl sites for hydroxylation is 2. The maximum atomic E-state index is 13.9. The molecule has 0 spiro atoms. The standard InChI is InChI=1S/C22H23F2N5OS/c23-17-4-5-20(24)19(13-17)21(30)16-6-10-27(11-7-16)15-29-22(31)28(14-26-29)12-8-18-3-1-2-9-25-18/h1-5,9,13-14,16H,6-8,10-12,15H2. The first kappa shape index (κ1) is 21.5. The highest BCUT2D eigenvalue weighted by atomic mass is 32.1. The number of piperidine rings is 1. The Kier molecular flexibility index (Phi) is 6.62. The third-order valence-corrected chi connectivity index (χ3v) is 6.06. The summed E-state index contributed by atoms with van der Waals surface area (Å²) in [5, 5.41) is 4.40. The van der Waals surface area contributed by atoms with Crippen LogP contribution in [0.2, 0.25) is 0 Å². The molecule has 1 aliphatic heterocycles. The molecule has 0 atom stereocenters. The Labute approximate surface area is 184 Å². The fourth-order valence-corrected chi connectivity index (χ4v) is 4.08. The number of hydrogen-bond donors (Lipinski definition) is 0.